The Morgan fingerprint density at radius 1 is 0.970 bits per heavy atom. The second-order valence-corrected chi connectivity index (χ2v) is 8.75. The van der Waals surface area contributed by atoms with E-state index < -0.39 is 0 Å². The lowest BCUT2D eigenvalue weighted by Crippen LogP contribution is -2.37. The molecule has 0 aliphatic carbocycles. The number of H-pyrrole nitrogens is 1. The standard InChI is InChI=1S/C27H26ClN3O2/c1-18-4-3-5-20(14-18)12-13-31(27(33)29-24-10-8-23(28)9-11-24)17-22-16-21-7-6-19(2)15-25(21)30-26(22)32/h3-11,14-16H,12-13,17H2,1-2H3,(H,29,33)(H,30,32). The van der Waals surface area contributed by atoms with E-state index in [0.717, 1.165) is 22.0 Å². The summed E-state index contributed by atoms with van der Waals surface area (Å²) in [6.45, 7) is 4.70. The minimum absolute atomic E-state index is 0.187. The lowest BCUT2D eigenvalue weighted by Gasteiger charge is -2.23. The molecule has 0 radical (unpaired) electrons. The van der Waals surface area contributed by atoms with E-state index in [-0.39, 0.29) is 18.1 Å². The summed E-state index contributed by atoms with van der Waals surface area (Å²) >= 11 is 5.96. The van der Waals surface area contributed by atoms with Gasteiger partial charge in [0.2, 0.25) is 0 Å². The fraction of sp³-hybridized carbons (Fsp3) is 0.185. The lowest BCUT2D eigenvalue weighted by molar-refractivity contribution is 0.209. The highest BCUT2D eigenvalue weighted by Crippen LogP contribution is 2.17. The van der Waals surface area contributed by atoms with Crippen molar-refractivity contribution in [1.82, 2.24) is 9.88 Å². The maximum atomic E-state index is 13.2. The van der Waals surface area contributed by atoms with Crippen LogP contribution in [0.2, 0.25) is 5.02 Å². The molecule has 2 N–H and O–H groups in total. The van der Waals surface area contributed by atoms with Gasteiger partial charge >= 0.3 is 6.03 Å². The Bertz CT molecular complexity index is 1350. The van der Waals surface area contributed by atoms with Gasteiger partial charge in [-0.1, -0.05) is 53.6 Å². The number of pyridine rings is 1. The van der Waals surface area contributed by atoms with Crippen molar-refractivity contribution in [2.24, 2.45) is 0 Å². The van der Waals surface area contributed by atoms with Crippen molar-refractivity contribution in [3.8, 4) is 0 Å². The van der Waals surface area contributed by atoms with Crippen LogP contribution in [-0.2, 0) is 13.0 Å². The van der Waals surface area contributed by atoms with Crippen LogP contribution in [0.3, 0.4) is 0 Å². The number of urea groups is 1. The van der Waals surface area contributed by atoms with Gasteiger partial charge in [0.05, 0.1) is 6.54 Å². The quantitative estimate of drug-likeness (QED) is 0.367. The van der Waals surface area contributed by atoms with Crippen molar-refractivity contribution in [3.05, 3.63) is 110 Å². The molecule has 0 saturated carbocycles. The molecule has 0 saturated heterocycles. The van der Waals surface area contributed by atoms with Crippen LogP contribution in [0.1, 0.15) is 22.3 Å². The summed E-state index contributed by atoms with van der Waals surface area (Å²) in [6.07, 6.45) is 0.681. The summed E-state index contributed by atoms with van der Waals surface area (Å²) in [6, 6.07) is 22.7. The number of aromatic amines is 1. The third kappa shape index (κ3) is 5.82. The first-order chi connectivity index (χ1) is 15.9. The van der Waals surface area contributed by atoms with Gasteiger partial charge in [-0.2, -0.15) is 0 Å². The molecule has 5 nitrogen and oxygen atoms in total. The van der Waals surface area contributed by atoms with Crippen molar-refractivity contribution in [2.75, 3.05) is 11.9 Å². The van der Waals surface area contributed by atoms with Crippen LogP contribution in [-0.4, -0.2) is 22.5 Å². The summed E-state index contributed by atoms with van der Waals surface area (Å²) in [7, 11) is 0. The van der Waals surface area contributed by atoms with Crippen molar-refractivity contribution < 1.29 is 4.79 Å². The zero-order valence-corrected chi connectivity index (χ0v) is 19.4. The van der Waals surface area contributed by atoms with Crippen LogP contribution in [0.4, 0.5) is 10.5 Å². The maximum Gasteiger partial charge on any atom is 0.322 e. The van der Waals surface area contributed by atoms with Gasteiger partial charge in [0.1, 0.15) is 0 Å². The van der Waals surface area contributed by atoms with Gasteiger partial charge in [0, 0.05) is 28.3 Å². The second kappa shape index (κ2) is 9.92. The monoisotopic (exact) mass is 459 g/mol. The molecule has 3 aromatic carbocycles. The van der Waals surface area contributed by atoms with E-state index in [4.69, 9.17) is 11.6 Å². The molecule has 168 valence electrons. The predicted molar refractivity (Wildman–Crippen MR) is 135 cm³/mol. The molecule has 4 rings (SSSR count). The Balaban J connectivity index is 1.59. The molecule has 0 bridgehead atoms. The fourth-order valence-corrected chi connectivity index (χ4v) is 3.93. The van der Waals surface area contributed by atoms with Crippen LogP contribution in [0, 0.1) is 13.8 Å². The lowest BCUT2D eigenvalue weighted by atomic mass is 10.1. The number of anilines is 1. The smallest absolute Gasteiger partial charge is 0.322 e. The number of carbonyl (C=O) groups is 1. The van der Waals surface area contributed by atoms with Crippen molar-refractivity contribution in [3.63, 3.8) is 0 Å². The second-order valence-electron chi connectivity index (χ2n) is 8.31. The van der Waals surface area contributed by atoms with Crippen LogP contribution in [0.5, 0.6) is 0 Å². The van der Waals surface area contributed by atoms with Gasteiger partial charge in [-0.15, -0.1) is 0 Å². The molecular weight excluding hydrogens is 434 g/mol. The van der Waals surface area contributed by atoms with Crippen LogP contribution < -0.4 is 10.9 Å². The van der Waals surface area contributed by atoms with Gasteiger partial charge in [0.15, 0.2) is 0 Å². The topological polar surface area (TPSA) is 65.2 Å². The minimum atomic E-state index is -0.270. The van der Waals surface area contributed by atoms with Crippen LogP contribution in [0.25, 0.3) is 10.9 Å². The Morgan fingerprint density at radius 2 is 1.73 bits per heavy atom. The van der Waals surface area contributed by atoms with E-state index in [1.165, 1.54) is 5.56 Å². The van der Waals surface area contributed by atoms with E-state index in [9.17, 15) is 9.59 Å². The summed E-state index contributed by atoms with van der Waals surface area (Å²) in [5, 5.41) is 4.45. The summed E-state index contributed by atoms with van der Waals surface area (Å²) in [4.78, 5) is 30.6. The minimum Gasteiger partial charge on any atom is -0.322 e. The Kier molecular flexibility index (Phi) is 6.80. The van der Waals surface area contributed by atoms with E-state index in [1.807, 2.05) is 56.3 Å². The highest BCUT2D eigenvalue weighted by Gasteiger charge is 2.17. The maximum absolute atomic E-state index is 13.2. The molecule has 0 aliphatic rings. The highest BCUT2D eigenvalue weighted by molar-refractivity contribution is 6.30. The summed E-state index contributed by atoms with van der Waals surface area (Å²) < 4.78 is 0. The van der Waals surface area contributed by atoms with Crippen molar-refractivity contribution in [1.29, 1.82) is 0 Å². The number of benzene rings is 3. The zero-order valence-electron chi connectivity index (χ0n) is 18.7. The van der Waals surface area contributed by atoms with Crippen molar-refractivity contribution >= 4 is 34.2 Å². The number of hydrogen-bond donors (Lipinski definition) is 2. The number of carbonyl (C=O) groups excluding carboxylic acids is 1. The first-order valence-corrected chi connectivity index (χ1v) is 11.2. The van der Waals surface area contributed by atoms with E-state index in [2.05, 4.69) is 16.4 Å². The SMILES string of the molecule is Cc1cccc(CCN(Cc2cc3ccc(C)cc3[nH]c2=O)C(=O)Nc2ccc(Cl)cc2)c1. The van der Waals surface area contributed by atoms with Gasteiger partial charge in [-0.3, -0.25) is 4.79 Å². The molecular formula is C27H26ClN3O2. The number of nitrogens with zero attached hydrogens (tertiary/aromatic N) is 1. The largest absolute Gasteiger partial charge is 0.322 e. The van der Waals surface area contributed by atoms with Crippen molar-refractivity contribution in [2.45, 2.75) is 26.8 Å². The molecule has 1 aromatic heterocycles. The predicted octanol–water partition coefficient (Wildman–Crippen LogP) is 6.08. The zero-order chi connectivity index (χ0) is 23.4. The Hall–Kier alpha value is -3.57. The molecule has 2 amide bonds. The number of rotatable bonds is 6. The molecule has 33 heavy (non-hydrogen) atoms. The first kappa shape index (κ1) is 22.6. The first-order valence-electron chi connectivity index (χ1n) is 10.9. The number of nitrogens with one attached hydrogen (secondary N) is 2. The third-order valence-corrected chi connectivity index (χ3v) is 5.83. The van der Waals surface area contributed by atoms with Crippen LogP contribution >= 0.6 is 11.6 Å². The average molecular weight is 460 g/mol. The number of hydrogen-bond acceptors (Lipinski definition) is 2. The normalized spacial score (nSPS) is 10.9. The van der Waals surface area contributed by atoms with Gasteiger partial charge in [0.25, 0.3) is 5.56 Å². The van der Waals surface area contributed by atoms with E-state index >= 15 is 0 Å². The molecule has 1 heterocycles. The van der Waals surface area contributed by atoms with Gasteiger partial charge in [-0.05, 0) is 73.2 Å². The van der Waals surface area contributed by atoms with Crippen LogP contribution in [0.15, 0.2) is 77.6 Å². The molecule has 6 heteroatoms. The number of amides is 2. The highest BCUT2D eigenvalue weighted by atomic mass is 35.5. The van der Waals surface area contributed by atoms with Gasteiger partial charge < -0.3 is 15.2 Å². The fourth-order valence-electron chi connectivity index (χ4n) is 3.80. The molecule has 0 aliphatic heterocycles. The Labute approximate surface area is 198 Å². The molecule has 0 spiro atoms. The summed E-state index contributed by atoms with van der Waals surface area (Å²) in [5.41, 5.74) is 5.18. The summed E-state index contributed by atoms with van der Waals surface area (Å²) in [5.74, 6) is 0. The Morgan fingerprint density at radius 3 is 2.48 bits per heavy atom. The molecule has 0 fully saturated rings. The average Bonchev–Trinajstić information content (AvgIpc) is 2.78. The number of aromatic nitrogens is 1. The van der Waals surface area contributed by atoms with E-state index in [0.29, 0.717) is 29.2 Å². The molecule has 4 aromatic rings. The number of fused-ring (bicyclic) bond motifs is 1. The molecule has 0 unspecified atom stereocenters. The number of aryl methyl sites for hydroxylation is 2. The molecule has 0 atom stereocenters. The van der Waals surface area contributed by atoms with E-state index in [1.54, 1.807) is 29.2 Å². The third-order valence-electron chi connectivity index (χ3n) is 5.58. The number of halogens is 1. The van der Waals surface area contributed by atoms with Gasteiger partial charge in [-0.25, -0.2) is 4.79 Å².